The molecule has 45 heteroatoms. The number of hydroxylamine groups is 4. The van der Waals surface area contributed by atoms with E-state index in [0.29, 0.717) is 17.7 Å². The molecule has 0 bridgehead atoms. The zero-order valence-corrected chi connectivity index (χ0v) is 58.8. The van der Waals surface area contributed by atoms with Crippen molar-refractivity contribution in [2.75, 3.05) is 72.2 Å². The second-order valence-electron chi connectivity index (χ2n) is 26.2. The van der Waals surface area contributed by atoms with Crippen LogP contribution in [0.4, 0.5) is 0 Å². The van der Waals surface area contributed by atoms with Gasteiger partial charge in [-0.15, -0.1) is 0 Å². The number of carboxylic acids is 2. The SMILES string of the molecule is NCCCCC(NC(=O)C(CO)NC(=O)C1CCNC2C(NC(=O)CCC(=O)O)CC3CC(O)C(O)CC3[NH+]12)C(=O)NCC(=O)NC(CCCN(O)C=O)C(=O)NC(CO)C(=O)NC(CO)C(=O)NCC(=O)NC1CCCCNC(=O)C(CO)NC(=O)C(CCC(=O)O)NC(=O)C(CCCN(O)C=O)NC1=O. The van der Waals surface area contributed by atoms with Crippen LogP contribution in [0.5, 0.6) is 0 Å². The number of fused-ring (bicyclic) bond motifs is 3. The molecule has 0 aromatic rings. The van der Waals surface area contributed by atoms with Crippen LogP contribution in [0.15, 0.2) is 0 Å². The Morgan fingerprint density at radius 1 is 0.542 bits per heavy atom. The van der Waals surface area contributed by atoms with E-state index in [1.54, 1.807) is 0 Å². The lowest BCUT2D eigenvalue weighted by Crippen LogP contribution is -3.29. The number of aliphatic hydroxyl groups is 6. The van der Waals surface area contributed by atoms with Crippen molar-refractivity contribution in [2.45, 2.75) is 206 Å². The van der Waals surface area contributed by atoms with Crippen LogP contribution < -0.4 is 85.1 Å². The van der Waals surface area contributed by atoms with E-state index < -0.39 is 251 Å². The lowest BCUT2D eigenvalue weighted by atomic mass is 9.72. The van der Waals surface area contributed by atoms with E-state index in [-0.39, 0.29) is 132 Å². The monoisotopic (exact) mass is 1530 g/mol. The van der Waals surface area contributed by atoms with Crippen molar-refractivity contribution in [3.05, 3.63) is 0 Å². The molecule has 3 heterocycles. The molecule has 17 atom stereocenters. The number of quaternary nitrogens is 1. The van der Waals surface area contributed by atoms with Crippen molar-refractivity contribution >= 4 is 102 Å². The van der Waals surface area contributed by atoms with Gasteiger partial charge in [-0.05, 0) is 90.0 Å². The van der Waals surface area contributed by atoms with Crippen LogP contribution in [-0.2, 0) is 81.5 Å². The first-order chi connectivity index (χ1) is 50.9. The molecular weight excluding hydrogens is 1430 g/mol. The highest BCUT2D eigenvalue weighted by molar-refractivity contribution is 5.99. The second-order valence-corrected chi connectivity index (χ2v) is 26.2. The molecular formula is C62H103N18O27+. The summed E-state index contributed by atoms with van der Waals surface area (Å²) < 4.78 is 0. The molecule has 0 aromatic carbocycles. The van der Waals surface area contributed by atoms with Crippen LogP contribution in [0.25, 0.3) is 0 Å². The van der Waals surface area contributed by atoms with Crippen LogP contribution in [0.1, 0.15) is 116 Å². The van der Waals surface area contributed by atoms with Crippen molar-refractivity contribution in [2.24, 2.45) is 11.7 Å². The zero-order chi connectivity index (χ0) is 79.4. The normalized spacial score (nSPS) is 24.7. The Morgan fingerprint density at radius 3 is 1.68 bits per heavy atom. The maximum absolute atomic E-state index is 14.3. The van der Waals surface area contributed by atoms with Crippen LogP contribution in [0.3, 0.4) is 0 Å². The summed E-state index contributed by atoms with van der Waals surface area (Å²) in [6.45, 7) is -6.70. The molecule has 107 heavy (non-hydrogen) atoms. The van der Waals surface area contributed by atoms with Gasteiger partial charge in [0.15, 0.2) is 12.2 Å². The average molecular weight is 1530 g/mol. The number of carbonyl (C=O) groups excluding carboxylic acids is 15. The van der Waals surface area contributed by atoms with E-state index in [2.05, 4.69) is 74.4 Å². The number of rotatable bonds is 41. The fourth-order valence-electron chi connectivity index (χ4n) is 12.7. The van der Waals surface area contributed by atoms with E-state index in [1.807, 2.05) is 0 Å². The first-order valence-electron chi connectivity index (χ1n) is 35.1. The molecule has 27 N–H and O–H groups in total. The van der Waals surface area contributed by atoms with Gasteiger partial charge in [0.2, 0.25) is 83.7 Å². The highest BCUT2D eigenvalue weighted by Gasteiger charge is 2.56. The molecule has 4 rings (SSSR count). The Hall–Kier alpha value is -9.45. The predicted octanol–water partition coefficient (Wildman–Crippen LogP) is -14.1. The summed E-state index contributed by atoms with van der Waals surface area (Å²) in [5.74, 6) is -16.3. The van der Waals surface area contributed by atoms with Gasteiger partial charge in [-0.1, -0.05) is 0 Å². The molecule has 45 nitrogen and oxygen atoms in total. The molecule has 0 aromatic heterocycles. The van der Waals surface area contributed by atoms with Gasteiger partial charge in [0.25, 0.3) is 5.91 Å². The number of piperidine rings is 1. The first kappa shape index (κ1) is 89.9. The number of carboxylic acid groups (broad SMARTS) is 2. The standard InChI is InChI=1S/C62H102N18O27/c63-16-3-1-7-33(71-60(103)42(29-84)77-62(105)43-15-18-64-52-38(70-47(89)12-14-51(94)95)21-32-22-45(87)46(88)23-44(32)80(43)52)53(96)66-24-48(90)69-35(9-5-19-78(106)30-85)57(100)76-41(28-83)61(104)75-40(27-82)55(98)67-25-49(91)68-34-8-2-4-17-65-54(97)39(26-81)74-59(102)37(11-13-50(92)93)73-58(101)36(72-56(34)99)10-6-20-79(107)31-86/h30-46,52,64,81-84,87-88,106-107H,1-29,63H2,(H,65,97)(H,66,96)(H,67,98)(H,68,91)(H,69,90)(H,70,89)(H,71,103)(H,72,99)(H,73,101)(H,74,102)(H,75,104)(H,76,100)(H,77,105)(H,92,93)(H,94,95)/p+1. The van der Waals surface area contributed by atoms with E-state index in [0.717, 1.165) is 0 Å². The van der Waals surface area contributed by atoms with Crippen LogP contribution in [-0.4, -0.2) is 326 Å². The summed E-state index contributed by atoms with van der Waals surface area (Å²) >= 11 is 0. The Morgan fingerprint density at radius 2 is 1.07 bits per heavy atom. The number of aliphatic carboxylic acids is 2. The van der Waals surface area contributed by atoms with Crippen molar-refractivity contribution in [3.63, 3.8) is 0 Å². The summed E-state index contributed by atoms with van der Waals surface area (Å²) in [5.41, 5.74) is 5.70. The third kappa shape index (κ3) is 30.0. The van der Waals surface area contributed by atoms with Gasteiger partial charge in [0, 0.05) is 57.8 Å². The van der Waals surface area contributed by atoms with E-state index in [9.17, 15) is 128 Å². The lowest BCUT2D eigenvalue weighted by molar-refractivity contribution is -0.983. The molecule has 1 saturated carbocycles. The highest BCUT2D eigenvalue weighted by Crippen LogP contribution is 2.32. The maximum atomic E-state index is 14.3. The largest absolute Gasteiger partial charge is 0.481 e. The van der Waals surface area contributed by atoms with E-state index in [1.165, 1.54) is 0 Å². The van der Waals surface area contributed by atoms with Crippen molar-refractivity contribution < 1.29 is 138 Å². The quantitative estimate of drug-likeness (QED) is 0.0117. The fourth-order valence-corrected chi connectivity index (χ4v) is 12.7. The zero-order valence-electron chi connectivity index (χ0n) is 58.8. The van der Waals surface area contributed by atoms with Crippen molar-refractivity contribution in [1.29, 1.82) is 0 Å². The number of nitrogens with zero attached hydrogens (tertiary/aromatic N) is 2. The molecule has 17 unspecified atom stereocenters. The van der Waals surface area contributed by atoms with E-state index >= 15 is 0 Å². The molecule has 0 radical (unpaired) electrons. The number of unbranched alkanes of at least 4 members (excludes halogenated alkanes) is 1. The Labute approximate surface area is 612 Å². The third-order valence-electron chi connectivity index (χ3n) is 18.4. The summed E-state index contributed by atoms with van der Waals surface area (Å²) in [7, 11) is 0. The minimum absolute atomic E-state index is 0.0275. The van der Waals surface area contributed by atoms with Crippen LogP contribution in [0, 0.1) is 5.92 Å². The Bertz CT molecular complexity index is 3070. The smallest absolute Gasteiger partial charge is 0.303 e. The van der Waals surface area contributed by atoms with Crippen LogP contribution >= 0.6 is 0 Å². The number of aliphatic hydroxyl groups excluding tert-OH is 6. The van der Waals surface area contributed by atoms with Crippen molar-refractivity contribution in [3.8, 4) is 0 Å². The summed E-state index contributed by atoms with van der Waals surface area (Å²) in [4.78, 5) is 222. The predicted molar refractivity (Wildman–Crippen MR) is 359 cm³/mol. The fraction of sp³-hybridized carbons (Fsp3) is 0.726. The summed E-state index contributed by atoms with van der Waals surface area (Å²) in [5, 5.41) is 135. The van der Waals surface area contributed by atoms with Crippen molar-refractivity contribution in [1.82, 2.24) is 84.6 Å². The number of nitrogens with two attached hydrogens (primary N) is 1. The number of hydrogen-bond acceptors (Lipinski definition) is 27. The maximum Gasteiger partial charge on any atom is 0.303 e. The highest BCUT2D eigenvalue weighted by atomic mass is 16.5. The minimum atomic E-state index is -1.97. The number of amides is 15. The first-order valence-corrected chi connectivity index (χ1v) is 35.1. The molecule has 3 saturated heterocycles. The van der Waals surface area contributed by atoms with Gasteiger partial charge in [0.05, 0.1) is 70.2 Å². The van der Waals surface area contributed by atoms with Gasteiger partial charge in [-0.2, -0.15) is 0 Å². The third-order valence-corrected chi connectivity index (χ3v) is 18.4. The lowest BCUT2D eigenvalue weighted by Gasteiger charge is -2.54. The average Bonchev–Trinajstić information content (AvgIpc) is 0.748. The Kier molecular flexibility index (Phi) is 39.2. The molecule has 1 aliphatic carbocycles. The minimum Gasteiger partial charge on any atom is -0.481 e. The Balaban J connectivity index is 1.42. The number of carbonyl (C=O) groups is 17. The van der Waals surface area contributed by atoms with Gasteiger partial charge in [-0.25, -0.2) is 10.1 Å². The topological polar surface area (TPSA) is 698 Å². The number of hydrogen-bond donors (Lipinski definition) is 26. The molecule has 3 aliphatic heterocycles. The molecule has 15 amide bonds. The molecule has 602 valence electrons. The molecule has 4 aliphatic rings. The van der Waals surface area contributed by atoms with Gasteiger partial charge >= 0.3 is 11.9 Å². The summed E-state index contributed by atoms with van der Waals surface area (Å²) in [6.07, 6.45) is -4.95. The molecule has 0 spiro atoms. The molecule has 4 fully saturated rings. The number of nitrogens with one attached hydrogen (secondary N) is 15. The second kappa shape index (κ2) is 46.6. The van der Waals surface area contributed by atoms with Gasteiger partial charge in [-0.3, -0.25) is 97.2 Å². The van der Waals surface area contributed by atoms with Gasteiger partial charge in [0.1, 0.15) is 54.4 Å². The van der Waals surface area contributed by atoms with Gasteiger partial charge < -0.3 is 121 Å². The summed E-state index contributed by atoms with van der Waals surface area (Å²) in [6, 6.07) is -17.2. The van der Waals surface area contributed by atoms with Crippen LogP contribution in [0.2, 0.25) is 0 Å². The van der Waals surface area contributed by atoms with E-state index in [4.69, 9.17) is 10.8 Å².